The van der Waals surface area contributed by atoms with Crippen LogP contribution in [0.5, 0.6) is 0 Å². The normalized spacial score (nSPS) is 25.2. The molecule has 0 radical (unpaired) electrons. The van der Waals surface area contributed by atoms with Crippen LogP contribution in [-0.4, -0.2) is 54.9 Å². The molecular formula is C19H28BNO4. The van der Waals surface area contributed by atoms with Gasteiger partial charge in [-0.3, -0.25) is 4.79 Å². The van der Waals surface area contributed by atoms with Crippen molar-refractivity contribution in [3.8, 4) is 0 Å². The zero-order chi connectivity index (χ0) is 18.2. The van der Waals surface area contributed by atoms with Gasteiger partial charge in [0.05, 0.1) is 30.3 Å². The Bertz CT molecular complexity index is 613. The lowest BCUT2D eigenvalue weighted by atomic mass is 9.79. The van der Waals surface area contributed by atoms with Gasteiger partial charge >= 0.3 is 7.12 Å². The molecule has 0 spiro atoms. The minimum atomic E-state index is -0.366. The van der Waals surface area contributed by atoms with Gasteiger partial charge in [0.15, 0.2) is 0 Å². The van der Waals surface area contributed by atoms with Crippen molar-refractivity contribution in [1.82, 2.24) is 4.90 Å². The third-order valence-electron chi connectivity index (χ3n) is 5.45. The van der Waals surface area contributed by atoms with Crippen LogP contribution in [0, 0.1) is 0 Å². The van der Waals surface area contributed by atoms with Gasteiger partial charge in [0.1, 0.15) is 0 Å². The van der Waals surface area contributed by atoms with Crippen LogP contribution < -0.4 is 5.46 Å². The molecule has 1 unspecified atom stereocenters. The maximum Gasteiger partial charge on any atom is 0.494 e. The molecule has 25 heavy (non-hydrogen) atoms. The monoisotopic (exact) mass is 345 g/mol. The first-order valence-electron chi connectivity index (χ1n) is 9.02. The molecule has 0 aliphatic carbocycles. The summed E-state index contributed by atoms with van der Waals surface area (Å²) in [6, 6.07) is 7.96. The lowest BCUT2D eigenvalue weighted by Gasteiger charge is -2.32. The molecule has 1 amide bonds. The topological polar surface area (TPSA) is 48.0 Å². The quantitative estimate of drug-likeness (QED) is 0.784. The molecule has 1 aromatic rings. The summed E-state index contributed by atoms with van der Waals surface area (Å²) in [5.74, 6) is 0.151. The number of morpholine rings is 1. The number of hydrogen-bond acceptors (Lipinski definition) is 4. The maximum atomic E-state index is 12.4. The zero-order valence-electron chi connectivity index (χ0n) is 15.9. The summed E-state index contributed by atoms with van der Waals surface area (Å²) in [4.78, 5) is 14.3. The third kappa shape index (κ3) is 3.91. The van der Waals surface area contributed by atoms with E-state index in [4.69, 9.17) is 14.0 Å². The summed E-state index contributed by atoms with van der Waals surface area (Å²) in [6.45, 7) is 12.1. The lowest BCUT2D eigenvalue weighted by molar-refractivity contribution is -0.137. The smallest absolute Gasteiger partial charge is 0.399 e. The van der Waals surface area contributed by atoms with Crippen LogP contribution in [-0.2, 0) is 25.3 Å². The molecule has 1 aromatic carbocycles. The molecule has 5 nitrogen and oxygen atoms in total. The van der Waals surface area contributed by atoms with Crippen molar-refractivity contribution in [1.29, 1.82) is 0 Å². The molecule has 136 valence electrons. The molecule has 0 N–H and O–H groups in total. The highest BCUT2D eigenvalue weighted by molar-refractivity contribution is 6.62. The molecule has 3 rings (SSSR count). The van der Waals surface area contributed by atoms with Crippen molar-refractivity contribution >= 4 is 18.5 Å². The van der Waals surface area contributed by atoms with E-state index < -0.39 is 0 Å². The maximum absolute atomic E-state index is 12.4. The van der Waals surface area contributed by atoms with Crippen molar-refractivity contribution in [2.75, 3.05) is 19.7 Å². The van der Waals surface area contributed by atoms with Crippen molar-refractivity contribution in [2.45, 2.75) is 58.3 Å². The number of ether oxygens (including phenoxy) is 1. The Labute approximate surface area is 150 Å². The fourth-order valence-corrected chi connectivity index (χ4v) is 3.10. The van der Waals surface area contributed by atoms with E-state index in [0.29, 0.717) is 26.1 Å². The van der Waals surface area contributed by atoms with Gasteiger partial charge in [-0.2, -0.15) is 0 Å². The van der Waals surface area contributed by atoms with Gasteiger partial charge in [-0.05, 0) is 45.6 Å². The van der Waals surface area contributed by atoms with E-state index in [1.807, 2.05) is 63.8 Å². The Morgan fingerprint density at radius 2 is 1.76 bits per heavy atom. The second-order valence-electron chi connectivity index (χ2n) is 8.03. The fourth-order valence-electron chi connectivity index (χ4n) is 3.10. The molecule has 2 heterocycles. The second kappa shape index (κ2) is 6.74. The minimum absolute atomic E-state index is 0.114. The van der Waals surface area contributed by atoms with E-state index in [0.717, 1.165) is 11.0 Å². The molecule has 2 fully saturated rings. The lowest BCUT2D eigenvalue weighted by Crippen LogP contribution is -2.45. The van der Waals surface area contributed by atoms with Crippen LogP contribution in [0.4, 0.5) is 0 Å². The van der Waals surface area contributed by atoms with Crippen molar-refractivity contribution in [3.05, 3.63) is 29.8 Å². The van der Waals surface area contributed by atoms with E-state index in [-0.39, 0.29) is 30.3 Å². The first-order chi connectivity index (χ1) is 11.7. The Kier molecular flexibility index (Phi) is 4.97. The molecule has 2 aliphatic heterocycles. The predicted octanol–water partition coefficient (Wildman–Crippen LogP) is 1.78. The molecule has 0 bridgehead atoms. The van der Waals surface area contributed by atoms with Gasteiger partial charge in [-0.15, -0.1) is 0 Å². The van der Waals surface area contributed by atoms with Gasteiger partial charge in [0.2, 0.25) is 5.91 Å². The van der Waals surface area contributed by atoms with Crippen LogP contribution in [0.1, 0.15) is 40.2 Å². The van der Waals surface area contributed by atoms with E-state index in [9.17, 15) is 4.79 Å². The number of nitrogens with zero attached hydrogens (tertiary/aromatic N) is 1. The number of carbonyl (C=O) groups is 1. The average molecular weight is 345 g/mol. The number of hydrogen-bond donors (Lipinski definition) is 0. The van der Waals surface area contributed by atoms with Crippen molar-refractivity contribution in [3.63, 3.8) is 0 Å². The van der Waals surface area contributed by atoms with Gasteiger partial charge in [-0.1, -0.05) is 24.3 Å². The van der Waals surface area contributed by atoms with E-state index in [1.165, 1.54) is 0 Å². The standard InChI is InChI=1S/C19H28BNO4/c1-14-13-21(10-11-23-14)17(22)12-15-6-8-16(9-7-15)20-24-18(2,3)19(4,5)25-20/h6-9,14H,10-13H2,1-5H3. The van der Waals surface area contributed by atoms with Gasteiger partial charge in [0.25, 0.3) is 0 Å². The highest BCUT2D eigenvalue weighted by Gasteiger charge is 2.51. The third-order valence-corrected chi connectivity index (χ3v) is 5.45. The van der Waals surface area contributed by atoms with E-state index in [2.05, 4.69) is 0 Å². The number of benzene rings is 1. The SMILES string of the molecule is CC1CN(C(=O)Cc2ccc(B3OC(C)(C)C(C)(C)O3)cc2)CCO1. The van der Waals surface area contributed by atoms with Crippen LogP contribution in [0.25, 0.3) is 0 Å². The molecule has 2 saturated heterocycles. The summed E-state index contributed by atoms with van der Waals surface area (Å²) in [5.41, 5.74) is 1.29. The average Bonchev–Trinajstić information content (AvgIpc) is 2.76. The number of amides is 1. The minimum Gasteiger partial charge on any atom is -0.399 e. The van der Waals surface area contributed by atoms with Gasteiger partial charge in [-0.25, -0.2) is 0 Å². The van der Waals surface area contributed by atoms with E-state index >= 15 is 0 Å². The van der Waals surface area contributed by atoms with Gasteiger partial charge in [0, 0.05) is 13.1 Å². The molecule has 6 heteroatoms. The zero-order valence-corrected chi connectivity index (χ0v) is 15.9. The largest absolute Gasteiger partial charge is 0.494 e. The van der Waals surface area contributed by atoms with Crippen LogP contribution in [0.15, 0.2) is 24.3 Å². The Morgan fingerprint density at radius 1 is 1.16 bits per heavy atom. The molecule has 0 aromatic heterocycles. The van der Waals surface area contributed by atoms with E-state index in [1.54, 1.807) is 0 Å². The number of rotatable bonds is 3. The summed E-state index contributed by atoms with van der Waals surface area (Å²) in [5, 5.41) is 0. The summed E-state index contributed by atoms with van der Waals surface area (Å²) < 4.78 is 17.6. The van der Waals surface area contributed by atoms with Crippen molar-refractivity contribution < 1.29 is 18.8 Å². The second-order valence-corrected chi connectivity index (χ2v) is 8.03. The first-order valence-corrected chi connectivity index (χ1v) is 9.02. The highest BCUT2D eigenvalue weighted by atomic mass is 16.7. The Hall–Kier alpha value is -1.37. The number of carbonyl (C=O) groups excluding carboxylic acids is 1. The predicted molar refractivity (Wildman–Crippen MR) is 97.9 cm³/mol. The summed E-state index contributed by atoms with van der Waals surface area (Å²) in [6.07, 6.45) is 0.527. The van der Waals surface area contributed by atoms with Gasteiger partial charge < -0.3 is 18.9 Å². The fraction of sp³-hybridized carbons (Fsp3) is 0.632. The summed E-state index contributed by atoms with van der Waals surface area (Å²) in [7, 11) is -0.366. The molecule has 0 saturated carbocycles. The molecule has 1 atom stereocenters. The molecular weight excluding hydrogens is 317 g/mol. The highest BCUT2D eigenvalue weighted by Crippen LogP contribution is 2.36. The van der Waals surface area contributed by atoms with Crippen molar-refractivity contribution in [2.24, 2.45) is 0 Å². The Morgan fingerprint density at radius 3 is 2.32 bits per heavy atom. The van der Waals surface area contributed by atoms with Crippen LogP contribution in [0.2, 0.25) is 0 Å². The van der Waals surface area contributed by atoms with Crippen LogP contribution in [0.3, 0.4) is 0 Å². The molecule has 2 aliphatic rings. The summed E-state index contributed by atoms with van der Waals surface area (Å²) >= 11 is 0. The first kappa shape index (κ1) is 18.4. The van der Waals surface area contributed by atoms with Crippen LogP contribution >= 0.6 is 0 Å². The Balaban J connectivity index is 1.62.